The van der Waals surface area contributed by atoms with Gasteiger partial charge in [-0.25, -0.2) is 0 Å². The largest absolute Gasteiger partial charge is 0.389 e. The van der Waals surface area contributed by atoms with Crippen molar-refractivity contribution < 1.29 is 9.90 Å². The Kier molecular flexibility index (Phi) is 4.39. The third-order valence-electron chi connectivity index (χ3n) is 4.57. The van der Waals surface area contributed by atoms with E-state index in [1.54, 1.807) is 6.92 Å². The molecule has 1 N–H and O–H groups in total. The summed E-state index contributed by atoms with van der Waals surface area (Å²) in [5, 5.41) is 9.55. The molecular formula is C20H22O2. The number of ketones is 1. The minimum atomic E-state index is -0.350. The van der Waals surface area contributed by atoms with E-state index in [1.807, 2.05) is 18.2 Å². The van der Waals surface area contributed by atoms with Crippen LogP contribution >= 0.6 is 0 Å². The van der Waals surface area contributed by atoms with Crippen molar-refractivity contribution in [1.82, 2.24) is 0 Å². The summed E-state index contributed by atoms with van der Waals surface area (Å²) in [6.45, 7) is 1.63. The van der Waals surface area contributed by atoms with Crippen LogP contribution in [0.1, 0.15) is 26.2 Å². The molecule has 0 radical (unpaired) electrons. The average Bonchev–Trinajstić information content (AvgIpc) is 2.56. The van der Waals surface area contributed by atoms with Gasteiger partial charge in [0.15, 0.2) is 5.78 Å². The van der Waals surface area contributed by atoms with Gasteiger partial charge in [-0.2, -0.15) is 0 Å². The van der Waals surface area contributed by atoms with Crippen molar-refractivity contribution in [2.45, 2.75) is 32.3 Å². The minimum Gasteiger partial charge on any atom is -0.389 e. The van der Waals surface area contributed by atoms with E-state index < -0.39 is 0 Å². The molecule has 22 heavy (non-hydrogen) atoms. The summed E-state index contributed by atoms with van der Waals surface area (Å²) in [4.78, 5) is 11.6. The van der Waals surface area contributed by atoms with Gasteiger partial charge < -0.3 is 5.11 Å². The first-order valence-electron chi connectivity index (χ1n) is 7.98. The molecule has 0 fully saturated rings. The lowest BCUT2D eigenvalue weighted by molar-refractivity contribution is -0.113. The first kappa shape index (κ1) is 15.0. The number of Topliss-reactive ketones (excluding diaryl/α,β-unsaturated/α-hetero) is 1. The molecule has 114 valence electrons. The second kappa shape index (κ2) is 6.45. The fraction of sp³-hybridized carbons (Fsp3) is 0.350. The van der Waals surface area contributed by atoms with Crippen molar-refractivity contribution in [3.63, 3.8) is 0 Å². The average molecular weight is 294 g/mol. The zero-order chi connectivity index (χ0) is 15.5. The van der Waals surface area contributed by atoms with Crippen LogP contribution in [0, 0.1) is 11.8 Å². The predicted octanol–water partition coefficient (Wildman–Crippen LogP) is 3.83. The third-order valence-corrected chi connectivity index (χ3v) is 4.57. The van der Waals surface area contributed by atoms with E-state index in [0.29, 0.717) is 18.3 Å². The number of carbonyl (C=O) groups excluding carboxylic acids is 1. The SMILES string of the molecule is CC(=O)C1=CC(C2C=C(C3=CCC(O)C=C3)C=CC2)CC=C1. The van der Waals surface area contributed by atoms with Crippen LogP contribution in [-0.2, 0) is 4.79 Å². The summed E-state index contributed by atoms with van der Waals surface area (Å²) in [6, 6.07) is 0. The highest BCUT2D eigenvalue weighted by molar-refractivity contribution is 5.96. The van der Waals surface area contributed by atoms with Crippen LogP contribution in [0.2, 0.25) is 0 Å². The van der Waals surface area contributed by atoms with Gasteiger partial charge in [0.25, 0.3) is 0 Å². The van der Waals surface area contributed by atoms with Crippen molar-refractivity contribution in [3.8, 4) is 0 Å². The lowest BCUT2D eigenvalue weighted by Gasteiger charge is -2.26. The van der Waals surface area contributed by atoms with Crippen LogP contribution in [0.15, 0.2) is 71.4 Å². The van der Waals surface area contributed by atoms with Crippen molar-refractivity contribution in [1.29, 1.82) is 0 Å². The van der Waals surface area contributed by atoms with Gasteiger partial charge in [-0.05, 0) is 49.2 Å². The quantitative estimate of drug-likeness (QED) is 0.859. The molecule has 0 heterocycles. The Balaban J connectivity index is 1.79. The standard InChI is InChI=1S/C20H22O2/c1-14(21)16-4-2-6-18(12-16)19-7-3-5-17(13-19)15-8-10-20(22)11-9-15/h2-5,8-10,12-13,18-20,22H,6-7,11H2,1H3. The number of carbonyl (C=O) groups is 1. The van der Waals surface area contributed by atoms with E-state index in [4.69, 9.17) is 0 Å². The monoisotopic (exact) mass is 294 g/mol. The fourth-order valence-electron chi connectivity index (χ4n) is 3.26. The van der Waals surface area contributed by atoms with E-state index >= 15 is 0 Å². The van der Waals surface area contributed by atoms with Crippen LogP contribution in [0.25, 0.3) is 0 Å². The lowest BCUT2D eigenvalue weighted by Crippen LogP contribution is -2.16. The number of hydrogen-bond acceptors (Lipinski definition) is 2. The van der Waals surface area contributed by atoms with E-state index in [-0.39, 0.29) is 11.9 Å². The van der Waals surface area contributed by atoms with Gasteiger partial charge >= 0.3 is 0 Å². The first-order valence-corrected chi connectivity index (χ1v) is 7.98. The number of rotatable bonds is 3. The molecule has 0 amide bonds. The highest BCUT2D eigenvalue weighted by Gasteiger charge is 2.22. The Morgan fingerprint density at radius 1 is 1.00 bits per heavy atom. The van der Waals surface area contributed by atoms with E-state index in [0.717, 1.165) is 18.4 Å². The van der Waals surface area contributed by atoms with E-state index in [1.165, 1.54) is 11.1 Å². The molecule has 3 atom stereocenters. The van der Waals surface area contributed by atoms with E-state index in [2.05, 4.69) is 36.5 Å². The Morgan fingerprint density at radius 2 is 1.73 bits per heavy atom. The first-order chi connectivity index (χ1) is 10.6. The number of allylic oxidation sites excluding steroid dienone is 10. The van der Waals surface area contributed by atoms with E-state index in [9.17, 15) is 9.90 Å². The van der Waals surface area contributed by atoms with Gasteiger partial charge in [-0.1, -0.05) is 54.7 Å². The lowest BCUT2D eigenvalue weighted by atomic mass is 9.78. The zero-order valence-electron chi connectivity index (χ0n) is 12.9. The Bertz CT molecular complexity index is 641. The molecule has 0 aromatic carbocycles. The second-order valence-electron chi connectivity index (χ2n) is 6.23. The Labute approximate surface area is 131 Å². The van der Waals surface area contributed by atoms with Gasteiger partial charge in [0.2, 0.25) is 0 Å². The summed E-state index contributed by atoms with van der Waals surface area (Å²) >= 11 is 0. The van der Waals surface area contributed by atoms with Crippen molar-refractivity contribution in [3.05, 3.63) is 71.4 Å². The molecule has 0 aliphatic heterocycles. The number of aliphatic hydroxyl groups excluding tert-OH is 1. The Hall–Kier alpha value is -1.93. The maximum Gasteiger partial charge on any atom is 0.159 e. The van der Waals surface area contributed by atoms with Crippen molar-refractivity contribution in [2.24, 2.45) is 11.8 Å². The topological polar surface area (TPSA) is 37.3 Å². The number of aliphatic hydroxyl groups is 1. The summed E-state index contributed by atoms with van der Waals surface area (Å²) in [6.07, 6.45) is 21.2. The number of hydrogen-bond donors (Lipinski definition) is 1. The van der Waals surface area contributed by atoms with Crippen LogP contribution in [0.4, 0.5) is 0 Å². The molecule has 3 aliphatic carbocycles. The zero-order valence-corrected chi connectivity index (χ0v) is 12.9. The molecule has 3 rings (SSSR count). The Morgan fingerprint density at radius 3 is 2.41 bits per heavy atom. The highest BCUT2D eigenvalue weighted by atomic mass is 16.3. The summed E-state index contributed by atoms with van der Waals surface area (Å²) in [5.41, 5.74) is 3.25. The molecule has 3 aliphatic rings. The van der Waals surface area contributed by atoms with Gasteiger partial charge in [0, 0.05) is 5.57 Å². The maximum atomic E-state index is 11.6. The molecule has 0 saturated heterocycles. The third kappa shape index (κ3) is 3.28. The second-order valence-corrected chi connectivity index (χ2v) is 6.23. The molecule has 2 nitrogen and oxygen atoms in total. The van der Waals surface area contributed by atoms with Crippen molar-refractivity contribution in [2.75, 3.05) is 0 Å². The molecule has 0 bridgehead atoms. The van der Waals surface area contributed by atoms with Crippen LogP contribution in [0.3, 0.4) is 0 Å². The van der Waals surface area contributed by atoms with Crippen molar-refractivity contribution >= 4 is 5.78 Å². The summed E-state index contributed by atoms with van der Waals surface area (Å²) < 4.78 is 0. The van der Waals surface area contributed by atoms with Crippen LogP contribution in [-0.4, -0.2) is 17.0 Å². The molecule has 0 aromatic rings. The summed E-state index contributed by atoms with van der Waals surface area (Å²) in [7, 11) is 0. The van der Waals surface area contributed by atoms with Gasteiger partial charge in [0.1, 0.15) is 0 Å². The molecule has 2 heteroatoms. The molecule has 3 unspecified atom stereocenters. The molecular weight excluding hydrogens is 272 g/mol. The van der Waals surface area contributed by atoms with Gasteiger partial charge in [-0.15, -0.1) is 0 Å². The maximum absolute atomic E-state index is 11.6. The van der Waals surface area contributed by atoms with Gasteiger partial charge in [0.05, 0.1) is 6.10 Å². The summed E-state index contributed by atoms with van der Waals surface area (Å²) in [5.74, 6) is 0.964. The smallest absolute Gasteiger partial charge is 0.159 e. The highest BCUT2D eigenvalue weighted by Crippen LogP contribution is 2.34. The normalized spacial score (nSPS) is 30.6. The van der Waals surface area contributed by atoms with Gasteiger partial charge in [-0.3, -0.25) is 4.79 Å². The predicted molar refractivity (Wildman–Crippen MR) is 89.2 cm³/mol. The molecule has 0 aromatic heterocycles. The molecule has 0 saturated carbocycles. The molecule has 0 spiro atoms. The minimum absolute atomic E-state index is 0.142. The fourth-order valence-corrected chi connectivity index (χ4v) is 3.26. The van der Waals surface area contributed by atoms with Crippen LogP contribution < -0.4 is 0 Å². The van der Waals surface area contributed by atoms with Crippen LogP contribution in [0.5, 0.6) is 0 Å².